The number of hydrogen-bond donors (Lipinski definition) is 1. The molecule has 1 aliphatic heterocycles. The van der Waals surface area contributed by atoms with Gasteiger partial charge in [0.05, 0.1) is 7.11 Å². The molecule has 0 aliphatic carbocycles. The van der Waals surface area contributed by atoms with Gasteiger partial charge in [-0.3, -0.25) is 4.90 Å². The minimum Gasteiger partial charge on any atom is -0.493 e. The first kappa shape index (κ1) is 22.0. The fourth-order valence-corrected chi connectivity index (χ4v) is 3.92. The van der Waals surface area contributed by atoms with Gasteiger partial charge in [0, 0.05) is 43.5 Å². The molecular weight excluding hydrogens is 378 g/mol. The molecule has 2 amide bonds. The first-order valence-electron chi connectivity index (χ1n) is 10.6. The number of nitrogens with zero attached hydrogens (tertiary/aromatic N) is 2. The number of fused-ring (bicyclic) bond motifs is 1. The van der Waals surface area contributed by atoms with E-state index in [1.54, 1.807) is 12.0 Å². The van der Waals surface area contributed by atoms with E-state index in [2.05, 4.69) is 50.0 Å². The van der Waals surface area contributed by atoms with E-state index < -0.39 is 0 Å². The zero-order valence-electron chi connectivity index (χ0n) is 18.6. The van der Waals surface area contributed by atoms with Crippen LogP contribution in [0.1, 0.15) is 38.8 Å². The van der Waals surface area contributed by atoms with Gasteiger partial charge in [-0.2, -0.15) is 0 Å². The molecule has 6 nitrogen and oxygen atoms in total. The molecule has 6 heteroatoms. The highest BCUT2D eigenvalue weighted by atomic mass is 16.5. The zero-order chi connectivity index (χ0) is 21.7. The van der Waals surface area contributed by atoms with E-state index >= 15 is 0 Å². The molecule has 2 aromatic carbocycles. The highest BCUT2D eigenvalue weighted by molar-refractivity contribution is 5.90. The Balaban J connectivity index is 1.62. The number of benzene rings is 2. The molecule has 0 saturated heterocycles. The van der Waals surface area contributed by atoms with Crippen LogP contribution in [0.4, 0.5) is 10.5 Å². The predicted octanol–water partition coefficient (Wildman–Crippen LogP) is 4.74. The standard InChI is InChI=1S/C24H33N3O3/c1-17(2)27(18(3)4)12-13-30-23-14-21(10-11-22(23)29-5)25-24(28)26-15-19-8-6-7-9-20(19)16-26/h6-11,14,17-18H,12-13,15-16H2,1-5H3,(H,25,28). The monoisotopic (exact) mass is 411 g/mol. The minimum absolute atomic E-state index is 0.117. The molecule has 0 aromatic heterocycles. The molecule has 0 atom stereocenters. The molecule has 0 fully saturated rings. The minimum atomic E-state index is -0.117. The Morgan fingerprint density at radius 3 is 2.23 bits per heavy atom. The molecule has 0 saturated carbocycles. The van der Waals surface area contributed by atoms with E-state index in [4.69, 9.17) is 9.47 Å². The molecular formula is C24H33N3O3. The van der Waals surface area contributed by atoms with Gasteiger partial charge in [0.25, 0.3) is 0 Å². The second kappa shape index (κ2) is 9.85. The van der Waals surface area contributed by atoms with Crippen LogP contribution in [0.3, 0.4) is 0 Å². The number of methoxy groups -OCH3 is 1. The third-order valence-corrected chi connectivity index (χ3v) is 5.48. The van der Waals surface area contributed by atoms with Gasteiger partial charge in [0.15, 0.2) is 11.5 Å². The molecule has 0 bridgehead atoms. The number of hydrogen-bond acceptors (Lipinski definition) is 4. The van der Waals surface area contributed by atoms with Gasteiger partial charge in [-0.25, -0.2) is 4.79 Å². The van der Waals surface area contributed by atoms with E-state index in [9.17, 15) is 4.79 Å². The van der Waals surface area contributed by atoms with Crippen LogP contribution in [0.5, 0.6) is 11.5 Å². The van der Waals surface area contributed by atoms with Crippen molar-refractivity contribution >= 4 is 11.7 Å². The summed E-state index contributed by atoms with van der Waals surface area (Å²) < 4.78 is 11.5. The Morgan fingerprint density at radius 1 is 1.03 bits per heavy atom. The fraction of sp³-hybridized carbons (Fsp3) is 0.458. The summed E-state index contributed by atoms with van der Waals surface area (Å²) in [7, 11) is 1.62. The number of ether oxygens (including phenoxy) is 2. The van der Waals surface area contributed by atoms with Crippen molar-refractivity contribution in [2.45, 2.75) is 52.9 Å². The number of urea groups is 1. The third kappa shape index (κ3) is 5.25. The van der Waals surface area contributed by atoms with Gasteiger partial charge in [0.1, 0.15) is 6.61 Å². The summed E-state index contributed by atoms with van der Waals surface area (Å²) in [5.41, 5.74) is 3.09. The summed E-state index contributed by atoms with van der Waals surface area (Å²) >= 11 is 0. The molecule has 30 heavy (non-hydrogen) atoms. The maximum atomic E-state index is 12.7. The van der Waals surface area contributed by atoms with Crippen molar-refractivity contribution in [3.8, 4) is 11.5 Å². The molecule has 1 N–H and O–H groups in total. The van der Waals surface area contributed by atoms with Crippen LogP contribution in [0.15, 0.2) is 42.5 Å². The van der Waals surface area contributed by atoms with E-state index in [1.807, 2.05) is 30.3 Å². The molecule has 1 aliphatic rings. The van der Waals surface area contributed by atoms with Crippen molar-refractivity contribution in [1.29, 1.82) is 0 Å². The van der Waals surface area contributed by atoms with Crippen LogP contribution >= 0.6 is 0 Å². The maximum Gasteiger partial charge on any atom is 0.322 e. The van der Waals surface area contributed by atoms with Gasteiger partial charge in [0.2, 0.25) is 0 Å². The van der Waals surface area contributed by atoms with E-state index in [0.717, 1.165) is 6.54 Å². The van der Waals surface area contributed by atoms with Crippen LogP contribution in [0.25, 0.3) is 0 Å². The summed E-state index contributed by atoms with van der Waals surface area (Å²) in [6.45, 7) is 11.4. The molecule has 2 aromatic rings. The number of nitrogens with one attached hydrogen (secondary N) is 1. The van der Waals surface area contributed by atoms with Crippen LogP contribution < -0.4 is 14.8 Å². The number of carbonyl (C=O) groups excluding carboxylic acids is 1. The second-order valence-corrected chi connectivity index (χ2v) is 8.19. The van der Waals surface area contributed by atoms with Crippen LogP contribution in [0.2, 0.25) is 0 Å². The highest BCUT2D eigenvalue weighted by Crippen LogP contribution is 2.31. The number of rotatable bonds is 8. The first-order valence-corrected chi connectivity index (χ1v) is 10.6. The summed E-state index contributed by atoms with van der Waals surface area (Å²) in [4.78, 5) is 16.9. The largest absolute Gasteiger partial charge is 0.493 e. The molecule has 0 unspecified atom stereocenters. The van der Waals surface area contributed by atoms with E-state index in [0.29, 0.717) is 49.0 Å². The lowest BCUT2D eigenvalue weighted by Crippen LogP contribution is -2.39. The molecule has 1 heterocycles. The summed E-state index contributed by atoms with van der Waals surface area (Å²) in [5, 5.41) is 2.99. The lowest BCUT2D eigenvalue weighted by molar-refractivity contribution is 0.140. The summed E-state index contributed by atoms with van der Waals surface area (Å²) in [6, 6.07) is 14.4. The van der Waals surface area contributed by atoms with Crippen molar-refractivity contribution in [1.82, 2.24) is 9.80 Å². The Kier molecular flexibility index (Phi) is 7.21. The van der Waals surface area contributed by atoms with Crippen molar-refractivity contribution in [2.24, 2.45) is 0 Å². The lowest BCUT2D eigenvalue weighted by atomic mass is 10.1. The smallest absolute Gasteiger partial charge is 0.322 e. The topological polar surface area (TPSA) is 54.0 Å². The molecule has 0 radical (unpaired) electrons. The number of carbonyl (C=O) groups is 1. The van der Waals surface area contributed by atoms with Crippen molar-refractivity contribution < 1.29 is 14.3 Å². The van der Waals surface area contributed by atoms with Gasteiger partial charge in [-0.1, -0.05) is 24.3 Å². The first-order chi connectivity index (χ1) is 14.4. The predicted molar refractivity (Wildman–Crippen MR) is 120 cm³/mol. The Bertz CT molecular complexity index is 834. The SMILES string of the molecule is COc1ccc(NC(=O)N2Cc3ccccc3C2)cc1OCCN(C(C)C)C(C)C. The van der Waals surface area contributed by atoms with E-state index in [-0.39, 0.29) is 6.03 Å². The Morgan fingerprint density at radius 2 is 1.67 bits per heavy atom. The van der Waals surface area contributed by atoms with Crippen molar-refractivity contribution in [3.05, 3.63) is 53.6 Å². The van der Waals surface area contributed by atoms with Crippen LogP contribution in [0, 0.1) is 0 Å². The number of anilines is 1. The number of amides is 2. The van der Waals surface area contributed by atoms with Gasteiger partial charge >= 0.3 is 6.03 Å². The third-order valence-electron chi connectivity index (χ3n) is 5.48. The molecule has 0 spiro atoms. The average molecular weight is 412 g/mol. The van der Waals surface area contributed by atoms with Gasteiger partial charge in [-0.15, -0.1) is 0 Å². The highest BCUT2D eigenvalue weighted by Gasteiger charge is 2.23. The van der Waals surface area contributed by atoms with Crippen molar-refractivity contribution in [3.63, 3.8) is 0 Å². The quantitative estimate of drug-likeness (QED) is 0.682. The molecule has 3 rings (SSSR count). The van der Waals surface area contributed by atoms with Crippen molar-refractivity contribution in [2.75, 3.05) is 25.6 Å². The Labute approximate surface area is 179 Å². The van der Waals surface area contributed by atoms with Gasteiger partial charge < -0.3 is 19.7 Å². The fourth-order valence-electron chi connectivity index (χ4n) is 3.92. The summed E-state index contributed by atoms with van der Waals surface area (Å²) in [6.07, 6.45) is 0. The Hall–Kier alpha value is -2.73. The van der Waals surface area contributed by atoms with E-state index in [1.165, 1.54) is 11.1 Å². The molecule has 162 valence electrons. The lowest BCUT2D eigenvalue weighted by Gasteiger charge is -2.30. The van der Waals surface area contributed by atoms with Crippen LogP contribution in [-0.2, 0) is 13.1 Å². The average Bonchev–Trinajstić information content (AvgIpc) is 3.15. The summed E-state index contributed by atoms with van der Waals surface area (Å²) in [5.74, 6) is 1.29. The van der Waals surface area contributed by atoms with Crippen LogP contribution in [-0.4, -0.2) is 48.2 Å². The second-order valence-electron chi connectivity index (χ2n) is 8.19. The normalized spacial score (nSPS) is 13.1. The zero-order valence-corrected chi connectivity index (χ0v) is 18.6. The van der Waals surface area contributed by atoms with Gasteiger partial charge in [-0.05, 0) is 51.0 Å². The maximum absolute atomic E-state index is 12.7.